The molecule has 18 heavy (non-hydrogen) atoms. The van der Waals surface area contributed by atoms with E-state index < -0.39 is 6.10 Å². The van der Waals surface area contributed by atoms with Crippen LogP contribution in [0, 0.1) is 12.3 Å². The number of hydrogen-bond acceptors (Lipinski definition) is 4. The summed E-state index contributed by atoms with van der Waals surface area (Å²) in [4.78, 5) is 16.8. The average Bonchev–Trinajstić information content (AvgIpc) is 2.67. The van der Waals surface area contributed by atoms with Gasteiger partial charge in [0.1, 0.15) is 5.01 Å². The normalized spacial score (nSPS) is 13.2. The Bertz CT molecular complexity index is 398. The summed E-state index contributed by atoms with van der Waals surface area (Å²) in [5.41, 5.74) is -0.236. The van der Waals surface area contributed by atoms with Crippen LogP contribution in [0.1, 0.15) is 30.7 Å². The lowest BCUT2D eigenvalue weighted by Gasteiger charge is -2.25. The van der Waals surface area contributed by atoms with Crippen LogP contribution in [0.3, 0.4) is 0 Å². The van der Waals surface area contributed by atoms with Crippen molar-refractivity contribution < 1.29 is 9.90 Å². The molecule has 6 heteroatoms. The summed E-state index contributed by atoms with van der Waals surface area (Å²) >= 11 is 1.56. The third-order valence-electron chi connectivity index (χ3n) is 2.52. The summed E-state index contributed by atoms with van der Waals surface area (Å²) in [5.74, 6) is 0. The predicted octanol–water partition coefficient (Wildman–Crippen LogP) is 1.66. The number of hydrogen-bond donors (Lipinski definition) is 3. The first-order valence-electron chi connectivity index (χ1n) is 5.90. The minimum atomic E-state index is -0.564. The molecule has 0 bridgehead atoms. The van der Waals surface area contributed by atoms with E-state index in [2.05, 4.69) is 15.6 Å². The monoisotopic (exact) mass is 271 g/mol. The number of nitrogens with zero attached hydrogens (tertiary/aromatic N) is 1. The first kappa shape index (κ1) is 14.9. The van der Waals surface area contributed by atoms with Crippen LogP contribution in [0.15, 0.2) is 6.20 Å². The van der Waals surface area contributed by atoms with Gasteiger partial charge < -0.3 is 15.7 Å². The van der Waals surface area contributed by atoms with E-state index in [1.165, 1.54) is 0 Å². The van der Waals surface area contributed by atoms with E-state index in [1.54, 1.807) is 17.5 Å². The van der Waals surface area contributed by atoms with Crippen molar-refractivity contribution in [3.8, 4) is 0 Å². The van der Waals surface area contributed by atoms with Crippen molar-refractivity contribution in [2.75, 3.05) is 6.54 Å². The van der Waals surface area contributed by atoms with E-state index >= 15 is 0 Å². The Balaban J connectivity index is 2.26. The van der Waals surface area contributed by atoms with Gasteiger partial charge in [-0.25, -0.2) is 9.78 Å². The van der Waals surface area contributed by atoms with E-state index in [0.29, 0.717) is 6.54 Å². The number of rotatable bonds is 4. The van der Waals surface area contributed by atoms with Crippen molar-refractivity contribution in [2.24, 2.45) is 5.41 Å². The van der Waals surface area contributed by atoms with Gasteiger partial charge in [-0.15, -0.1) is 11.3 Å². The quantitative estimate of drug-likeness (QED) is 0.779. The van der Waals surface area contributed by atoms with Crippen LogP contribution in [-0.4, -0.2) is 28.8 Å². The fourth-order valence-corrected chi connectivity index (χ4v) is 1.92. The van der Waals surface area contributed by atoms with E-state index in [0.717, 1.165) is 9.88 Å². The highest BCUT2D eigenvalue weighted by atomic mass is 32.1. The van der Waals surface area contributed by atoms with Crippen LogP contribution in [0.5, 0.6) is 0 Å². The maximum Gasteiger partial charge on any atom is 0.315 e. The van der Waals surface area contributed by atoms with Gasteiger partial charge in [0.25, 0.3) is 0 Å². The second-order valence-corrected chi connectivity index (χ2v) is 6.63. The molecule has 0 aliphatic heterocycles. The molecule has 1 rings (SSSR count). The smallest absolute Gasteiger partial charge is 0.315 e. The Labute approximate surface area is 112 Å². The summed E-state index contributed by atoms with van der Waals surface area (Å²) in [6.07, 6.45) is 1.22. The highest BCUT2D eigenvalue weighted by molar-refractivity contribution is 7.11. The predicted molar refractivity (Wildman–Crippen MR) is 72.6 cm³/mol. The number of carbonyl (C=O) groups excluding carboxylic acids is 1. The second-order valence-electron chi connectivity index (χ2n) is 5.31. The van der Waals surface area contributed by atoms with E-state index in [-0.39, 0.29) is 18.0 Å². The summed E-state index contributed by atoms with van der Waals surface area (Å²) in [6.45, 7) is 8.41. The Morgan fingerprint density at radius 2 is 2.17 bits per heavy atom. The maximum atomic E-state index is 11.5. The minimum Gasteiger partial charge on any atom is -0.391 e. The molecule has 0 spiro atoms. The van der Waals surface area contributed by atoms with Crippen LogP contribution in [0.2, 0.25) is 0 Å². The van der Waals surface area contributed by atoms with Crippen molar-refractivity contribution in [1.82, 2.24) is 15.6 Å². The number of aliphatic hydroxyl groups is 1. The van der Waals surface area contributed by atoms with E-state index in [4.69, 9.17) is 0 Å². The van der Waals surface area contributed by atoms with Crippen molar-refractivity contribution in [2.45, 2.75) is 40.3 Å². The molecule has 2 amide bonds. The van der Waals surface area contributed by atoms with Gasteiger partial charge in [0.2, 0.25) is 0 Å². The number of thiazole rings is 1. The zero-order valence-electron chi connectivity index (χ0n) is 11.3. The number of urea groups is 1. The zero-order valence-corrected chi connectivity index (χ0v) is 12.1. The fraction of sp³-hybridized carbons (Fsp3) is 0.667. The Kier molecular flexibility index (Phi) is 5.10. The first-order valence-corrected chi connectivity index (χ1v) is 6.72. The third-order valence-corrected chi connectivity index (χ3v) is 3.44. The number of carbonyl (C=O) groups is 1. The van der Waals surface area contributed by atoms with E-state index in [1.807, 2.05) is 27.7 Å². The molecule has 102 valence electrons. The van der Waals surface area contributed by atoms with Gasteiger partial charge in [0.05, 0.1) is 12.6 Å². The zero-order chi connectivity index (χ0) is 13.8. The van der Waals surface area contributed by atoms with Gasteiger partial charge in [-0.2, -0.15) is 0 Å². The fourth-order valence-electron chi connectivity index (χ4n) is 1.20. The van der Waals surface area contributed by atoms with Gasteiger partial charge in [0, 0.05) is 17.6 Å². The van der Waals surface area contributed by atoms with Gasteiger partial charge in [-0.3, -0.25) is 0 Å². The lowest BCUT2D eigenvalue weighted by Crippen LogP contribution is -2.43. The highest BCUT2D eigenvalue weighted by Gasteiger charge is 2.22. The molecule has 0 aliphatic carbocycles. The standard InChI is InChI=1S/C12H21N3O2S/c1-8-5-13-10(18-8)7-15-11(17)14-6-9(16)12(2,3)4/h5,9,16H,6-7H2,1-4H3,(H2,14,15,17). The molecule has 0 aromatic carbocycles. The topological polar surface area (TPSA) is 74.2 Å². The SMILES string of the molecule is Cc1cnc(CNC(=O)NCC(O)C(C)(C)C)s1. The molecule has 0 saturated heterocycles. The lowest BCUT2D eigenvalue weighted by molar-refractivity contribution is 0.0650. The highest BCUT2D eigenvalue weighted by Crippen LogP contribution is 2.18. The number of aromatic nitrogens is 1. The minimum absolute atomic E-state index is 0.236. The molecule has 1 heterocycles. The second kappa shape index (κ2) is 6.15. The molecule has 1 aromatic heterocycles. The number of nitrogens with one attached hydrogen (secondary N) is 2. The van der Waals surface area contributed by atoms with Crippen LogP contribution >= 0.6 is 11.3 Å². The number of aryl methyl sites for hydroxylation is 1. The van der Waals surface area contributed by atoms with Crippen LogP contribution in [-0.2, 0) is 6.54 Å². The van der Waals surface area contributed by atoms with Gasteiger partial charge in [-0.05, 0) is 12.3 Å². The molecule has 0 aliphatic rings. The van der Waals surface area contributed by atoms with Crippen LogP contribution < -0.4 is 10.6 Å². The molecule has 0 saturated carbocycles. The molecular formula is C12H21N3O2S. The molecule has 1 aromatic rings. The largest absolute Gasteiger partial charge is 0.391 e. The molecule has 0 fully saturated rings. The molecular weight excluding hydrogens is 250 g/mol. The summed E-state index contributed by atoms with van der Waals surface area (Å²) in [7, 11) is 0. The number of aliphatic hydroxyl groups excluding tert-OH is 1. The summed E-state index contributed by atoms with van der Waals surface area (Å²) in [5, 5.41) is 16.0. The summed E-state index contributed by atoms with van der Waals surface area (Å²) < 4.78 is 0. The summed E-state index contributed by atoms with van der Waals surface area (Å²) in [6, 6.07) is -0.286. The molecule has 1 atom stereocenters. The van der Waals surface area contributed by atoms with Crippen molar-refractivity contribution in [3.63, 3.8) is 0 Å². The Morgan fingerprint density at radius 3 is 2.67 bits per heavy atom. The molecule has 1 unspecified atom stereocenters. The van der Waals surface area contributed by atoms with Crippen LogP contribution in [0.25, 0.3) is 0 Å². The van der Waals surface area contributed by atoms with Crippen molar-refractivity contribution in [3.05, 3.63) is 16.1 Å². The molecule has 0 radical (unpaired) electrons. The average molecular weight is 271 g/mol. The lowest BCUT2D eigenvalue weighted by atomic mass is 9.89. The number of amides is 2. The Hall–Kier alpha value is -1.14. The molecule has 3 N–H and O–H groups in total. The van der Waals surface area contributed by atoms with Gasteiger partial charge in [-0.1, -0.05) is 20.8 Å². The van der Waals surface area contributed by atoms with Crippen LogP contribution in [0.4, 0.5) is 4.79 Å². The third kappa shape index (κ3) is 5.01. The Morgan fingerprint density at radius 1 is 1.50 bits per heavy atom. The van der Waals surface area contributed by atoms with Gasteiger partial charge in [0.15, 0.2) is 0 Å². The van der Waals surface area contributed by atoms with Crippen molar-refractivity contribution >= 4 is 17.4 Å². The maximum absolute atomic E-state index is 11.5. The van der Waals surface area contributed by atoms with Gasteiger partial charge >= 0.3 is 6.03 Å². The first-order chi connectivity index (χ1) is 8.29. The van der Waals surface area contributed by atoms with Crippen molar-refractivity contribution in [1.29, 1.82) is 0 Å². The molecule has 5 nitrogen and oxygen atoms in total. The van der Waals surface area contributed by atoms with E-state index in [9.17, 15) is 9.90 Å².